The average molecular weight is 291 g/mol. The Morgan fingerprint density at radius 1 is 1.50 bits per heavy atom. The molecule has 1 fully saturated rings. The fourth-order valence-corrected chi connectivity index (χ4v) is 2.91. The summed E-state index contributed by atoms with van der Waals surface area (Å²) in [7, 11) is 0. The van der Waals surface area contributed by atoms with Gasteiger partial charge in [0.05, 0.1) is 23.6 Å². The Kier molecular flexibility index (Phi) is 3.64. The van der Waals surface area contributed by atoms with Crippen LogP contribution in [0.1, 0.15) is 13.3 Å². The quantitative estimate of drug-likeness (QED) is 0.802. The summed E-state index contributed by atoms with van der Waals surface area (Å²) >= 11 is 1.15. The zero-order valence-corrected chi connectivity index (χ0v) is 12.1. The number of nitrogens with one attached hydrogen (secondary N) is 3. The molecular weight excluding hydrogens is 274 g/mol. The highest BCUT2D eigenvalue weighted by molar-refractivity contribution is 7.58. The number of hydrogen-bond donors (Lipinski definition) is 3. The molecule has 3 N–H and O–H groups in total. The first-order valence-electron chi connectivity index (χ1n) is 6.63. The van der Waals surface area contributed by atoms with Gasteiger partial charge < -0.3 is 16.0 Å². The van der Waals surface area contributed by atoms with Crippen molar-refractivity contribution in [3.63, 3.8) is 0 Å². The first-order valence-corrected chi connectivity index (χ1v) is 7.36. The lowest BCUT2D eigenvalue weighted by atomic mass is 10.0. The summed E-state index contributed by atoms with van der Waals surface area (Å²) in [6, 6.07) is 5.60. The van der Waals surface area contributed by atoms with Gasteiger partial charge >= 0.3 is 0 Å². The third-order valence-electron chi connectivity index (χ3n) is 3.60. The first kappa shape index (κ1) is 13.4. The number of nitrogens with zero attached hydrogens (tertiary/aromatic N) is 2. The van der Waals surface area contributed by atoms with Crippen LogP contribution in [0, 0.1) is 0 Å². The van der Waals surface area contributed by atoms with E-state index in [0.717, 1.165) is 47.9 Å². The molecule has 3 rings (SSSR count). The van der Waals surface area contributed by atoms with E-state index in [1.165, 1.54) is 0 Å². The molecule has 0 bridgehead atoms. The maximum Gasteiger partial charge on any atom is 0.238 e. The summed E-state index contributed by atoms with van der Waals surface area (Å²) in [6.07, 6.45) is 1.03. The maximum atomic E-state index is 12.0. The molecule has 0 aliphatic carbocycles. The lowest BCUT2D eigenvalue weighted by Gasteiger charge is -2.24. The Morgan fingerprint density at radius 3 is 3.20 bits per heavy atom. The Morgan fingerprint density at radius 2 is 2.40 bits per heavy atom. The second kappa shape index (κ2) is 5.43. The van der Waals surface area contributed by atoms with Crippen LogP contribution in [0.3, 0.4) is 0 Å². The Balaban J connectivity index is 1.60. The van der Waals surface area contributed by atoms with Crippen LogP contribution in [0.2, 0.25) is 0 Å². The van der Waals surface area contributed by atoms with Crippen molar-refractivity contribution in [1.82, 2.24) is 10.6 Å². The number of carbonyl (C=O) groups excluding carboxylic acids is 1. The monoisotopic (exact) mass is 291 g/mol. The summed E-state index contributed by atoms with van der Waals surface area (Å²) in [5.41, 5.74) is 2.29. The molecule has 1 amide bonds. The minimum Gasteiger partial charge on any atom is -0.323 e. The SMILES string of the molecule is CC1(NCC(=O)Nc2cccc3c2N=S=N3)CCNC1. The molecule has 0 spiro atoms. The van der Waals surface area contributed by atoms with E-state index >= 15 is 0 Å². The second-order valence-corrected chi connectivity index (χ2v) is 5.86. The molecule has 0 saturated carbocycles. The normalized spacial score (nSPS) is 23.4. The van der Waals surface area contributed by atoms with Crippen molar-refractivity contribution in [3.8, 4) is 0 Å². The summed E-state index contributed by atoms with van der Waals surface area (Å²) < 4.78 is 8.37. The van der Waals surface area contributed by atoms with Crippen molar-refractivity contribution in [2.24, 2.45) is 8.73 Å². The van der Waals surface area contributed by atoms with Gasteiger partial charge in [-0.1, -0.05) is 6.07 Å². The first-order chi connectivity index (χ1) is 9.66. The topological polar surface area (TPSA) is 77.9 Å². The van der Waals surface area contributed by atoms with Crippen molar-refractivity contribution in [1.29, 1.82) is 0 Å². The van der Waals surface area contributed by atoms with E-state index in [2.05, 4.69) is 31.6 Å². The van der Waals surface area contributed by atoms with Gasteiger partial charge in [-0.3, -0.25) is 4.79 Å². The average Bonchev–Trinajstić information content (AvgIpc) is 3.06. The molecular formula is C13H17N5OS. The number of benzene rings is 1. The lowest BCUT2D eigenvalue weighted by molar-refractivity contribution is -0.115. The predicted octanol–water partition coefficient (Wildman–Crippen LogP) is 1.69. The van der Waals surface area contributed by atoms with Gasteiger partial charge in [0.15, 0.2) is 0 Å². The molecule has 7 heteroatoms. The van der Waals surface area contributed by atoms with Gasteiger partial charge in [-0.2, -0.15) is 8.73 Å². The van der Waals surface area contributed by atoms with Crippen molar-refractivity contribution >= 4 is 34.3 Å². The summed E-state index contributed by atoms with van der Waals surface area (Å²) in [4.78, 5) is 12.0. The maximum absolute atomic E-state index is 12.0. The number of fused-ring (bicyclic) bond motifs is 1. The van der Waals surface area contributed by atoms with Crippen LogP contribution in [0.4, 0.5) is 17.1 Å². The van der Waals surface area contributed by atoms with Gasteiger partial charge in [-0.15, -0.1) is 0 Å². The van der Waals surface area contributed by atoms with E-state index in [0.29, 0.717) is 6.54 Å². The zero-order valence-electron chi connectivity index (χ0n) is 11.3. The minimum absolute atomic E-state index is 0.00549. The van der Waals surface area contributed by atoms with Crippen LogP contribution < -0.4 is 16.0 Å². The molecule has 20 heavy (non-hydrogen) atoms. The number of amides is 1. The molecule has 106 valence electrons. The molecule has 2 aliphatic rings. The highest BCUT2D eigenvalue weighted by atomic mass is 32.1. The third-order valence-corrected chi connectivity index (χ3v) is 4.15. The van der Waals surface area contributed by atoms with Crippen molar-refractivity contribution < 1.29 is 4.79 Å². The largest absolute Gasteiger partial charge is 0.323 e. The van der Waals surface area contributed by atoms with Gasteiger partial charge in [-0.25, -0.2) is 0 Å². The smallest absolute Gasteiger partial charge is 0.238 e. The molecule has 6 nitrogen and oxygen atoms in total. The molecule has 1 unspecified atom stereocenters. The molecule has 2 aliphatic heterocycles. The van der Waals surface area contributed by atoms with Crippen molar-refractivity contribution in [2.45, 2.75) is 18.9 Å². The second-order valence-electron chi connectivity index (χ2n) is 5.33. The van der Waals surface area contributed by atoms with Crippen LogP contribution in [0.15, 0.2) is 26.9 Å². The summed E-state index contributed by atoms with van der Waals surface area (Å²) in [6.45, 7) is 4.32. The van der Waals surface area contributed by atoms with E-state index in [-0.39, 0.29) is 11.4 Å². The highest BCUT2D eigenvalue weighted by Gasteiger charge is 2.28. The Labute approximate surface area is 121 Å². The Hall–Kier alpha value is -1.57. The highest BCUT2D eigenvalue weighted by Crippen LogP contribution is 2.38. The fourth-order valence-electron chi connectivity index (χ4n) is 2.36. The molecule has 2 heterocycles. The van der Waals surface area contributed by atoms with Crippen LogP contribution >= 0.6 is 0 Å². The standard InChI is InChI=1S/C13H17N5OS/c1-13(5-6-14-8-13)15-7-11(19)16-9-3-2-4-10-12(9)18-20-17-10/h2-4,14-15H,5-8H2,1H3,(H,16,19). The number of carbonyl (C=O) groups is 1. The zero-order chi connectivity index (χ0) is 14.0. The van der Waals surface area contributed by atoms with E-state index in [9.17, 15) is 4.79 Å². The minimum atomic E-state index is -0.0568. The molecule has 1 atom stereocenters. The predicted molar refractivity (Wildman–Crippen MR) is 80.5 cm³/mol. The van der Waals surface area contributed by atoms with Gasteiger partial charge in [0, 0.05) is 12.1 Å². The number of rotatable bonds is 4. The van der Waals surface area contributed by atoms with Gasteiger partial charge in [0.1, 0.15) is 11.4 Å². The number of anilines is 1. The van der Waals surface area contributed by atoms with Crippen LogP contribution in [0.5, 0.6) is 0 Å². The van der Waals surface area contributed by atoms with Crippen molar-refractivity contribution in [2.75, 3.05) is 25.0 Å². The van der Waals surface area contributed by atoms with E-state index in [1.54, 1.807) is 0 Å². The molecule has 1 aromatic rings. The molecule has 0 aromatic heterocycles. The van der Waals surface area contributed by atoms with E-state index in [4.69, 9.17) is 0 Å². The van der Waals surface area contributed by atoms with Gasteiger partial charge in [0.25, 0.3) is 0 Å². The molecule has 1 saturated heterocycles. The molecule has 1 aromatic carbocycles. The van der Waals surface area contributed by atoms with E-state index < -0.39 is 0 Å². The summed E-state index contributed by atoms with van der Waals surface area (Å²) in [5, 5.41) is 9.50. The third kappa shape index (κ3) is 2.79. The lowest BCUT2D eigenvalue weighted by Crippen LogP contribution is -2.47. The molecule has 0 radical (unpaired) electrons. The number of hydrogen-bond acceptors (Lipinski definition) is 5. The Bertz CT molecular complexity index is 603. The van der Waals surface area contributed by atoms with Crippen LogP contribution in [-0.4, -0.2) is 31.1 Å². The van der Waals surface area contributed by atoms with Crippen molar-refractivity contribution in [3.05, 3.63) is 18.2 Å². The summed E-state index contributed by atoms with van der Waals surface area (Å²) in [5.74, 6) is -0.0568. The van der Waals surface area contributed by atoms with Gasteiger partial charge in [0.2, 0.25) is 5.91 Å². The van der Waals surface area contributed by atoms with Crippen LogP contribution in [-0.2, 0) is 16.1 Å². The van der Waals surface area contributed by atoms with Gasteiger partial charge in [-0.05, 0) is 32.0 Å². The van der Waals surface area contributed by atoms with E-state index in [1.807, 2.05) is 18.2 Å². The van der Waals surface area contributed by atoms with Crippen LogP contribution in [0.25, 0.3) is 0 Å². The fraction of sp³-hybridized carbons (Fsp3) is 0.462.